The van der Waals surface area contributed by atoms with E-state index < -0.39 is 12.0 Å². The van der Waals surface area contributed by atoms with Crippen LogP contribution in [-0.2, 0) is 11.2 Å². The molecule has 1 aromatic heterocycles. The van der Waals surface area contributed by atoms with Crippen molar-refractivity contribution in [1.29, 1.82) is 0 Å². The number of rotatable bonds is 3. The molecule has 1 atom stereocenters. The third-order valence-corrected chi connectivity index (χ3v) is 2.43. The standard InChI is InChI=1S/C11H12N2O2.Ca.2H/c12-9(11(14)15)5-7-6-13-10-4-2-1-3-8(7)10;;;/h1-4,6,9,13H,5,12H2,(H,14,15);;;/q;+2;2*-1/t9-;;;/m1.../s1. The molecule has 1 heterocycles. The third-order valence-electron chi connectivity index (χ3n) is 2.43. The van der Waals surface area contributed by atoms with Gasteiger partial charge in [0.25, 0.3) is 0 Å². The second kappa shape index (κ2) is 5.68. The Morgan fingerprint density at radius 3 is 2.88 bits per heavy atom. The van der Waals surface area contributed by atoms with Gasteiger partial charge in [-0.3, -0.25) is 4.79 Å². The van der Waals surface area contributed by atoms with Crippen LogP contribution < -0.4 is 5.73 Å². The van der Waals surface area contributed by atoms with Crippen molar-refractivity contribution < 1.29 is 12.8 Å². The van der Waals surface area contributed by atoms with Crippen molar-refractivity contribution in [2.24, 2.45) is 5.73 Å². The molecule has 0 saturated carbocycles. The van der Waals surface area contributed by atoms with Crippen LogP contribution in [-0.4, -0.2) is 59.8 Å². The molecule has 0 fully saturated rings. The van der Waals surface area contributed by atoms with Crippen LogP contribution in [0.25, 0.3) is 10.9 Å². The summed E-state index contributed by atoms with van der Waals surface area (Å²) in [4.78, 5) is 13.7. The van der Waals surface area contributed by atoms with E-state index in [0.717, 1.165) is 16.5 Å². The van der Waals surface area contributed by atoms with Crippen molar-refractivity contribution in [2.45, 2.75) is 12.5 Å². The van der Waals surface area contributed by atoms with Gasteiger partial charge in [0.15, 0.2) is 0 Å². The summed E-state index contributed by atoms with van der Waals surface area (Å²) in [6.07, 6.45) is 2.16. The van der Waals surface area contributed by atoms with Gasteiger partial charge < -0.3 is 18.7 Å². The van der Waals surface area contributed by atoms with Gasteiger partial charge in [-0.2, -0.15) is 0 Å². The summed E-state index contributed by atoms with van der Waals surface area (Å²) in [5.41, 5.74) is 7.43. The van der Waals surface area contributed by atoms with Crippen LogP contribution in [0.3, 0.4) is 0 Å². The molecule has 0 amide bonds. The fourth-order valence-electron chi connectivity index (χ4n) is 1.62. The van der Waals surface area contributed by atoms with Gasteiger partial charge in [-0.05, 0) is 11.6 Å². The number of aromatic nitrogens is 1. The molecule has 0 aliphatic heterocycles. The minimum Gasteiger partial charge on any atom is -1.00 e. The molecule has 82 valence electrons. The first kappa shape index (κ1) is 13.5. The molecular formula is C11H14CaN2O2. The predicted molar refractivity (Wildman–Crippen MR) is 65.6 cm³/mol. The summed E-state index contributed by atoms with van der Waals surface area (Å²) < 4.78 is 0. The summed E-state index contributed by atoms with van der Waals surface area (Å²) in [5, 5.41) is 9.75. The van der Waals surface area contributed by atoms with Gasteiger partial charge in [-0.1, -0.05) is 18.2 Å². The first-order valence-corrected chi connectivity index (χ1v) is 4.72. The SMILES string of the molecule is N[C@H](Cc1c[nH]c2ccccc12)C(=O)O.[Ca+2].[H-].[H-]. The van der Waals surface area contributed by atoms with Crippen LogP contribution >= 0.6 is 0 Å². The molecule has 0 saturated heterocycles. The van der Waals surface area contributed by atoms with Crippen LogP contribution in [0.1, 0.15) is 8.42 Å². The Hall–Kier alpha value is -0.550. The van der Waals surface area contributed by atoms with Crippen molar-refractivity contribution in [2.75, 3.05) is 0 Å². The molecule has 0 spiro atoms. The number of hydrogen-bond donors (Lipinski definition) is 3. The maximum Gasteiger partial charge on any atom is 2.00 e. The molecule has 5 heteroatoms. The molecule has 4 N–H and O–H groups in total. The van der Waals surface area contributed by atoms with Crippen LogP contribution in [0.15, 0.2) is 30.5 Å². The summed E-state index contributed by atoms with van der Waals surface area (Å²) in [6.45, 7) is 0. The van der Waals surface area contributed by atoms with E-state index in [-0.39, 0.29) is 40.6 Å². The molecule has 0 bridgehead atoms. The molecule has 2 rings (SSSR count). The number of para-hydroxylation sites is 1. The van der Waals surface area contributed by atoms with Crippen LogP contribution in [0, 0.1) is 0 Å². The van der Waals surface area contributed by atoms with E-state index in [2.05, 4.69) is 4.98 Å². The number of fused-ring (bicyclic) bond motifs is 1. The van der Waals surface area contributed by atoms with E-state index in [0.29, 0.717) is 6.42 Å². The number of aliphatic carboxylic acids is 1. The average Bonchev–Trinajstić information content (AvgIpc) is 2.62. The Kier molecular flexibility index (Phi) is 4.80. The zero-order valence-corrected chi connectivity index (χ0v) is 11.0. The normalized spacial score (nSPS) is 12.1. The third kappa shape index (κ3) is 2.77. The van der Waals surface area contributed by atoms with Crippen molar-refractivity contribution in [3.63, 3.8) is 0 Å². The van der Waals surface area contributed by atoms with E-state index in [1.165, 1.54) is 0 Å². The Labute approximate surface area is 126 Å². The zero-order valence-electron chi connectivity index (χ0n) is 10.8. The molecule has 4 nitrogen and oxygen atoms in total. The van der Waals surface area contributed by atoms with Crippen molar-refractivity contribution in [3.05, 3.63) is 36.0 Å². The molecular weight excluding hydrogens is 232 g/mol. The van der Waals surface area contributed by atoms with E-state index in [1.807, 2.05) is 30.5 Å². The predicted octanol–water partition coefficient (Wildman–Crippen LogP) is 0.967. The topological polar surface area (TPSA) is 79.1 Å². The molecule has 16 heavy (non-hydrogen) atoms. The van der Waals surface area contributed by atoms with Gasteiger partial charge in [0.2, 0.25) is 0 Å². The Morgan fingerprint density at radius 2 is 2.19 bits per heavy atom. The van der Waals surface area contributed by atoms with E-state index in [4.69, 9.17) is 10.8 Å². The minimum absolute atomic E-state index is 0. The molecule has 0 unspecified atom stereocenters. The van der Waals surface area contributed by atoms with Gasteiger partial charge in [-0.25, -0.2) is 0 Å². The quantitative estimate of drug-likeness (QED) is 0.706. The number of nitrogens with one attached hydrogen (secondary N) is 1. The number of nitrogens with two attached hydrogens (primary N) is 1. The number of benzene rings is 1. The summed E-state index contributed by atoms with van der Waals surface area (Å²) in [5.74, 6) is -0.972. The number of carboxylic acids is 1. The van der Waals surface area contributed by atoms with Gasteiger partial charge in [0.1, 0.15) is 6.04 Å². The van der Waals surface area contributed by atoms with Crippen LogP contribution in [0.5, 0.6) is 0 Å². The first-order valence-electron chi connectivity index (χ1n) is 4.72. The van der Waals surface area contributed by atoms with Gasteiger partial charge in [0, 0.05) is 23.5 Å². The summed E-state index contributed by atoms with van der Waals surface area (Å²) >= 11 is 0. The van der Waals surface area contributed by atoms with Crippen LogP contribution in [0.2, 0.25) is 0 Å². The number of hydrogen-bond acceptors (Lipinski definition) is 2. The molecule has 1 aromatic carbocycles. The van der Waals surface area contributed by atoms with Crippen molar-refractivity contribution in [1.82, 2.24) is 4.98 Å². The van der Waals surface area contributed by atoms with E-state index in [9.17, 15) is 4.79 Å². The molecule has 0 aliphatic rings. The van der Waals surface area contributed by atoms with Crippen LogP contribution in [0.4, 0.5) is 0 Å². The molecule has 2 aromatic rings. The van der Waals surface area contributed by atoms with E-state index in [1.54, 1.807) is 0 Å². The van der Waals surface area contributed by atoms with Crippen molar-refractivity contribution in [3.8, 4) is 0 Å². The zero-order chi connectivity index (χ0) is 10.8. The Balaban J connectivity index is 0. The second-order valence-electron chi connectivity index (χ2n) is 3.51. The number of H-pyrrole nitrogens is 1. The Bertz CT molecular complexity index is 505. The number of carbonyl (C=O) groups is 1. The maximum absolute atomic E-state index is 10.6. The van der Waals surface area contributed by atoms with Gasteiger partial charge in [0.05, 0.1) is 0 Å². The average molecular weight is 246 g/mol. The van der Waals surface area contributed by atoms with Crippen molar-refractivity contribution >= 4 is 54.6 Å². The fourth-order valence-corrected chi connectivity index (χ4v) is 1.62. The largest absolute Gasteiger partial charge is 2.00 e. The number of carboxylic acid groups (broad SMARTS) is 1. The van der Waals surface area contributed by atoms with Gasteiger partial charge in [-0.15, -0.1) is 0 Å². The number of aromatic amines is 1. The first-order chi connectivity index (χ1) is 7.18. The Morgan fingerprint density at radius 1 is 1.50 bits per heavy atom. The summed E-state index contributed by atoms with van der Waals surface area (Å²) in [6, 6.07) is 6.91. The fraction of sp³-hybridized carbons (Fsp3) is 0.182. The van der Waals surface area contributed by atoms with E-state index >= 15 is 0 Å². The van der Waals surface area contributed by atoms with Gasteiger partial charge >= 0.3 is 43.7 Å². The monoisotopic (exact) mass is 246 g/mol. The minimum atomic E-state index is -0.972. The maximum atomic E-state index is 10.6. The molecule has 0 radical (unpaired) electrons. The smallest absolute Gasteiger partial charge is 1.00 e. The molecule has 0 aliphatic carbocycles. The second-order valence-corrected chi connectivity index (χ2v) is 3.51. The summed E-state index contributed by atoms with van der Waals surface area (Å²) in [7, 11) is 0.